The van der Waals surface area contributed by atoms with E-state index >= 15 is 0 Å². The van der Waals surface area contributed by atoms with Crippen LogP contribution in [0.15, 0.2) is 17.2 Å². The number of sulfonamides is 1. The van der Waals surface area contributed by atoms with Crippen LogP contribution in [-0.2, 0) is 10.0 Å². The molecule has 1 aliphatic carbocycles. The molecule has 1 saturated carbocycles. The van der Waals surface area contributed by atoms with Gasteiger partial charge in [-0.15, -0.1) is 0 Å². The lowest BCUT2D eigenvalue weighted by atomic mass is 9.78. The molecule has 0 amide bonds. The van der Waals surface area contributed by atoms with E-state index in [2.05, 4.69) is 9.71 Å². The van der Waals surface area contributed by atoms with Crippen molar-refractivity contribution in [2.75, 3.05) is 6.61 Å². The fourth-order valence-corrected chi connectivity index (χ4v) is 3.44. The summed E-state index contributed by atoms with van der Waals surface area (Å²) in [4.78, 5) is 3.86. The maximum absolute atomic E-state index is 12.2. The fraction of sp³-hybridized carbons (Fsp3) is 0.500. The van der Waals surface area contributed by atoms with Gasteiger partial charge < -0.3 is 5.11 Å². The van der Waals surface area contributed by atoms with Crippen molar-refractivity contribution in [3.63, 3.8) is 0 Å². The van der Waals surface area contributed by atoms with Gasteiger partial charge in [0.05, 0.1) is 23.4 Å². The number of hydrogen-bond acceptors (Lipinski definition) is 5. The van der Waals surface area contributed by atoms with Gasteiger partial charge in [-0.25, -0.2) is 13.1 Å². The Hall–Kier alpha value is -1.49. The Bertz CT molecular complexity index is 625. The van der Waals surface area contributed by atoms with Gasteiger partial charge in [0, 0.05) is 6.20 Å². The van der Waals surface area contributed by atoms with E-state index in [0.29, 0.717) is 18.5 Å². The number of nitrogens with one attached hydrogen (secondary N) is 1. The van der Waals surface area contributed by atoms with Crippen molar-refractivity contribution in [1.82, 2.24) is 9.71 Å². The average molecular weight is 281 g/mol. The number of rotatable bonds is 4. The molecule has 7 heteroatoms. The molecule has 0 aromatic carbocycles. The average Bonchev–Trinajstić information content (AvgIpc) is 2.34. The normalized spacial score (nSPS) is 17.5. The summed E-state index contributed by atoms with van der Waals surface area (Å²) >= 11 is 0. The molecule has 102 valence electrons. The number of pyridine rings is 1. The molecule has 1 heterocycles. The first-order valence-electron chi connectivity index (χ1n) is 5.94. The van der Waals surface area contributed by atoms with Crippen molar-refractivity contribution in [3.8, 4) is 6.07 Å². The Kier molecular flexibility index (Phi) is 3.58. The molecule has 0 spiro atoms. The number of aliphatic hydroxyl groups is 1. The Labute approximate surface area is 112 Å². The van der Waals surface area contributed by atoms with E-state index in [1.807, 2.05) is 6.07 Å². The molecule has 2 rings (SSSR count). The van der Waals surface area contributed by atoms with Crippen molar-refractivity contribution < 1.29 is 13.5 Å². The Morgan fingerprint density at radius 1 is 1.58 bits per heavy atom. The molecule has 6 nitrogen and oxygen atoms in total. The second-order valence-corrected chi connectivity index (χ2v) is 6.50. The molecule has 1 aromatic heterocycles. The van der Waals surface area contributed by atoms with Crippen LogP contribution in [0.3, 0.4) is 0 Å². The zero-order valence-electron chi connectivity index (χ0n) is 10.5. The number of nitriles is 1. The third-order valence-corrected chi connectivity index (χ3v) is 5.00. The molecule has 2 N–H and O–H groups in total. The number of hydrogen-bond donors (Lipinski definition) is 2. The molecule has 19 heavy (non-hydrogen) atoms. The third-order valence-electron chi connectivity index (χ3n) is 3.46. The Morgan fingerprint density at radius 3 is 2.74 bits per heavy atom. The second-order valence-electron chi connectivity index (χ2n) is 4.81. The zero-order chi connectivity index (χ0) is 14.1. The molecule has 0 aliphatic heterocycles. The van der Waals surface area contributed by atoms with Gasteiger partial charge in [-0.2, -0.15) is 5.26 Å². The maximum Gasteiger partial charge on any atom is 0.242 e. The number of aromatic nitrogens is 1. The second kappa shape index (κ2) is 4.89. The van der Waals surface area contributed by atoms with Crippen molar-refractivity contribution in [3.05, 3.63) is 23.5 Å². The first-order valence-corrected chi connectivity index (χ1v) is 7.42. The van der Waals surface area contributed by atoms with Gasteiger partial charge in [-0.1, -0.05) is 0 Å². The van der Waals surface area contributed by atoms with Crippen LogP contribution in [0.5, 0.6) is 0 Å². The standard InChI is InChI=1S/C12H15N3O3S/c1-9-10(6-13)5-11(7-14-9)19(17,18)15-12(8-16)3-2-4-12/h5,7,15-16H,2-4,8H2,1H3. The highest BCUT2D eigenvalue weighted by atomic mass is 32.2. The molecule has 0 bridgehead atoms. The van der Waals surface area contributed by atoms with Crippen LogP contribution in [0, 0.1) is 18.3 Å². The van der Waals surface area contributed by atoms with Gasteiger partial charge in [0.2, 0.25) is 10.0 Å². The summed E-state index contributed by atoms with van der Waals surface area (Å²) in [5.41, 5.74) is -0.0345. The first kappa shape index (κ1) is 13.9. The monoisotopic (exact) mass is 281 g/mol. The molecular weight excluding hydrogens is 266 g/mol. The number of aryl methyl sites for hydroxylation is 1. The van der Waals surface area contributed by atoms with Crippen LogP contribution in [0.1, 0.15) is 30.5 Å². The predicted octanol–water partition coefficient (Wildman–Crippen LogP) is 0.455. The molecule has 0 radical (unpaired) electrons. The van der Waals surface area contributed by atoms with E-state index in [1.165, 1.54) is 12.3 Å². The van der Waals surface area contributed by atoms with Crippen LogP contribution in [0.2, 0.25) is 0 Å². The smallest absolute Gasteiger partial charge is 0.242 e. The van der Waals surface area contributed by atoms with Crippen molar-refractivity contribution in [2.24, 2.45) is 0 Å². The molecule has 1 aromatic rings. The Morgan fingerprint density at radius 2 is 2.26 bits per heavy atom. The van der Waals surface area contributed by atoms with Crippen LogP contribution >= 0.6 is 0 Å². The SMILES string of the molecule is Cc1ncc(S(=O)(=O)NC2(CO)CCC2)cc1C#N. The molecule has 0 saturated heterocycles. The minimum atomic E-state index is -3.76. The molecule has 1 aliphatic rings. The van der Waals surface area contributed by atoms with Gasteiger partial charge in [0.25, 0.3) is 0 Å². The van der Waals surface area contributed by atoms with E-state index in [-0.39, 0.29) is 17.1 Å². The van der Waals surface area contributed by atoms with E-state index in [1.54, 1.807) is 6.92 Å². The molecule has 0 atom stereocenters. The number of aliphatic hydroxyl groups excluding tert-OH is 1. The minimum Gasteiger partial charge on any atom is -0.394 e. The van der Waals surface area contributed by atoms with Gasteiger partial charge in [-0.05, 0) is 32.3 Å². The van der Waals surface area contributed by atoms with Gasteiger partial charge in [-0.3, -0.25) is 4.98 Å². The summed E-state index contributed by atoms with van der Waals surface area (Å²) in [6, 6.07) is 3.21. The highest BCUT2D eigenvalue weighted by molar-refractivity contribution is 7.89. The third kappa shape index (κ3) is 2.61. The number of nitrogens with zero attached hydrogens (tertiary/aromatic N) is 2. The first-order chi connectivity index (χ1) is 8.92. The van der Waals surface area contributed by atoms with Crippen LogP contribution in [-0.4, -0.2) is 30.7 Å². The molecular formula is C12H15N3O3S. The fourth-order valence-electron chi connectivity index (χ4n) is 2.01. The van der Waals surface area contributed by atoms with Gasteiger partial charge in [0.1, 0.15) is 11.0 Å². The largest absolute Gasteiger partial charge is 0.394 e. The van der Waals surface area contributed by atoms with Crippen LogP contribution in [0.4, 0.5) is 0 Å². The topological polar surface area (TPSA) is 103 Å². The van der Waals surface area contributed by atoms with E-state index in [4.69, 9.17) is 5.26 Å². The summed E-state index contributed by atoms with van der Waals surface area (Å²) in [7, 11) is -3.76. The van der Waals surface area contributed by atoms with Crippen LogP contribution < -0.4 is 4.72 Å². The van der Waals surface area contributed by atoms with Crippen molar-refractivity contribution in [2.45, 2.75) is 36.6 Å². The lowest BCUT2D eigenvalue weighted by Gasteiger charge is -2.40. The lowest BCUT2D eigenvalue weighted by Crippen LogP contribution is -2.55. The van der Waals surface area contributed by atoms with Crippen molar-refractivity contribution >= 4 is 10.0 Å². The lowest BCUT2D eigenvalue weighted by molar-refractivity contribution is 0.110. The maximum atomic E-state index is 12.2. The minimum absolute atomic E-state index is 0.0469. The van der Waals surface area contributed by atoms with Gasteiger partial charge >= 0.3 is 0 Å². The zero-order valence-corrected chi connectivity index (χ0v) is 11.4. The molecule has 1 fully saturated rings. The van der Waals surface area contributed by atoms with Gasteiger partial charge in [0.15, 0.2) is 0 Å². The van der Waals surface area contributed by atoms with Crippen molar-refractivity contribution in [1.29, 1.82) is 5.26 Å². The van der Waals surface area contributed by atoms with E-state index in [0.717, 1.165) is 6.42 Å². The Balaban J connectivity index is 2.32. The van der Waals surface area contributed by atoms with E-state index in [9.17, 15) is 13.5 Å². The summed E-state index contributed by atoms with van der Waals surface area (Å²) in [5, 5.41) is 18.2. The van der Waals surface area contributed by atoms with Crippen LogP contribution in [0.25, 0.3) is 0 Å². The summed E-state index contributed by atoms with van der Waals surface area (Å²) in [6.07, 6.45) is 3.35. The highest BCUT2D eigenvalue weighted by Crippen LogP contribution is 2.32. The van der Waals surface area contributed by atoms with E-state index < -0.39 is 15.6 Å². The summed E-state index contributed by atoms with van der Waals surface area (Å²) in [5.74, 6) is 0. The molecule has 0 unspecified atom stereocenters. The highest BCUT2D eigenvalue weighted by Gasteiger charge is 2.40. The summed E-state index contributed by atoms with van der Waals surface area (Å²) < 4.78 is 26.9. The predicted molar refractivity (Wildman–Crippen MR) is 67.7 cm³/mol. The quantitative estimate of drug-likeness (QED) is 0.834. The summed E-state index contributed by atoms with van der Waals surface area (Å²) in [6.45, 7) is 1.42.